The Morgan fingerprint density at radius 1 is 1.04 bits per heavy atom. The second kappa shape index (κ2) is 8.16. The summed E-state index contributed by atoms with van der Waals surface area (Å²) in [6.07, 6.45) is 8.34. The quantitative estimate of drug-likeness (QED) is 0.737. The van der Waals surface area contributed by atoms with Crippen LogP contribution in [0.1, 0.15) is 35.3 Å². The molecule has 3 heterocycles. The highest BCUT2D eigenvalue weighted by Gasteiger charge is 2.14. The fourth-order valence-electron chi connectivity index (χ4n) is 3.21. The first-order valence-electron chi connectivity index (χ1n) is 9.33. The number of hydrogen-bond donors (Lipinski definition) is 1. The molecule has 1 aliphatic heterocycles. The summed E-state index contributed by atoms with van der Waals surface area (Å²) in [5, 5.41) is 2.78. The Hall–Kier alpha value is -3.29. The summed E-state index contributed by atoms with van der Waals surface area (Å²) < 4.78 is 14.7. The van der Waals surface area contributed by atoms with Crippen molar-refractivity contribution in [2.75, 3.05) is 18.0 Å². The van der Waals surface area contributed by atoms with Crippen molar-refractivity contribution in [2.45, 2.75) is 25.8 Å². The number of benzene rings is 1. The smallest absolute Gasteiger partial charge is 0.271 e. The standard InChI is InChI=1S/C20H21FN6O/c21-16-6-4-15(5-7-16)11-22-20(28)17-12-27(14-25-17)19-10-18(23-13-24-19)26-8-2-1-3-9-26/h4-7,10,12-14H,1-3,8-9,11H2,(H,22,28). The van der Waals surface area contributed by atoms with Crippen LogP contribution in [0.15, 0.2) is 49.2 Å². The second-order valence-corrected chi connectivity index (χ2v) is 6.76. The third-order valence-corrected chi connectivity index (χ3v) is 4.76. The molecule has 0 bridgehead atoms. The van der Waals surface area contributed by atoms with E-state index >= 15 is 0 Å². The van der Waals surface area contributed by atoms with E-state index in [1.807, 2.05) is 6.07 Å². The van der Waals surface area contributed by atoms with Crippen molar-refractivity contribution >= 4 is 11.7 Å². The molecule has 144 valence electrons. The van der Waals surface area contributed by atoms with E-state index in [2.05, 4.69) is 25.2 Å². The lowest BCUT2D eigenvalue weighted by molar-refractivity contribution is 0.0946. The zero-order valence-corrected chi connectivity index (χ0v) is 15.4. The van der Waals surface area contributed by atoms with E-state index in [-0.39, 0.29) is 11.7 Å². The van der Waals surface area contributed by atoms with Gasteiger partial charge in [0.1, 0.15) is 35.8 Å². The van der Waals surface area contributed by atoms with Crippen molar-refractivity contribution in [3.63, 3.8) is 0 Å². The first-order chi connectivity index (χ1) is 13.7. The molecule has 0 spiro atoms. The molecular weight excluding hydrogens is 359 g/mol. The van der Waals surface area contributed by atoms with Crippen molar-refractivity contribution < 1.29 is 9.18 Å². The summed E-state index contributed by atoms with van der Waals surface area (Å²) >= 11 is 0. The van der Waals surface area contributed by atoms with Crippen LogP contribution in [0.4, 0.5) is 10.2 Å². The summed E-state index contributed by atoms with van der Waals surface area (Å²) in [5.41, 5.74) is 1.11. The monoisotopic (exact) mass is 380 g/mol. The lowest BCUT2D eigenvalue weighted by Gasteiger charge is -2.27. The topological polar surface area (TPSA) is 75.9 Å². The lowest BCUT2D eigenvalue weighted by atomic mass is 10.1. The molecular formula is C20H21FN6O. The molecule has 0 atom stereocenters. The summed E-state index contributed by atoms with van der Waals surface area (Å²) in [4.78, 5) is 27.4. The van der Waals surface area contributed by atoms with Crippen LogP contribution in [0.5, 0.6) is 0 Å². The summed E-state index contributed by atoms with van der Waals surface area (Å²) in [6.45, 7) is 2.30. The van der Waals surface area contributed by atoms with Gasteiger partial charge in [-0.2, -0.15) is 0 Å². The van der Waals surface area contributed by atoms with Crippen LogP contribution in [-0.2, 0) is 6.54 Å². The number of carbonyl (C=O) groups is 1. The highest BCUT2D eigenvalue weighted by atomic mass is 19.1. The number of anilines is 1. The molecule has 0 aliphatic carbocycles. The fourth-order valence-corrected chi connectivity index (χ4v) is 3.21. The SMILES string of the molecule is O=C(NCc1ccc(F)cc1)c1cn(-c2cc(N3CCCCC3)ncn2)cn1. The Morgan fingerprint density at radius 2 is 1.79 bits per heavy atom. The Bertz CT molecular complexity index is 949. The molecule has 1 aromatic carbocycles. The van der Waals surface area contributed by atoms with Gasteiger partial charge in [0.05, 0.1) is 0 Å². The van der Waals surface area contributed by atoms with Crippen molar-refractivity contribution in [3.05, 3.63) is 66.3 Å². The molecule has 1 saturated heterocycles. The number of halogens is 1. The van der Waals surface area contributed by atoms with E-state index in [0.29, 0.717) is 18.1 Å². The van der Waals surface area contributed by atoms with Crippen molar-refractivity contribution in [1.82, 2.24) is 24.8 Å². The number of rotatable bonds is 5. The Labute approximate surface area is 162 Å². The van der Waals surface area contributed by atoms with E-state index in [0.717, 1.165) is 24.5 Å². The molecule has 8 heteroatoms. The summed E-state index contributed by atoms with van der Waals surface area (Å²) in [7, 11) is 0. The number of aromatic nitrogens is 4. The minimum atomic E-state index is -0.303. The van der Waals surface area contributed by atoms with Gasteiger partial charge >= 0.3 is 0 Å². The maximum atomic E-state index is 12.9. The molecule has 1 aliphatic rings. The molecule has 28 heavy (non-hydrogen) atoms. The maximum absolute atomic E-state index is 12.9. The van der Waals surface area contributed by atoms with Crippen LogP contribution in [0, 0.1) is 5.82 Å². The van der Waals surface area contributed by atoms with Crippen molar-refractivity contribution in [3.8, 4) is 5.82 Å². The van der Waals surface area contributed by atoms with Gasteiger partial charge < -0.3 is 10.2 Å². The van der Waals surface area contributed by atoms with Gasteiger partial charge in [-0.3, -0.25) is 9.36 Å². The zero-order chi connectivity index (χ0) is 19.3. The average Bonchev–Trinajstić information content (AvgIpc) is 3.24. The van der Waals surface area contributed by atoms with E-state index in [1.165, 1.54) is 37.7 Å². The van der Waals surface area contributed by atoms with Gasteiger partial charge in [0, 0.05) is 31.9 Å². The number of carbonyl (C=O) groups excluding carboxylic acids is 1. The number of piperidine rings is 1. The Balaban J connectivity index is 1.43. The number of nitrogens with one attached hydrogen (secondary N) is 1. The zero-order valence-electron chi connectivity index (χ0n) is 15.4. The van der Waals surface area contributed by atoms with E-state index in [1.54, 1.807) is 29.2 Å². The average molecular weight is 380 g/mol. The molecule has 1 amide bonds. The van der Waals surface area contributed by atoms with Crippen molar-refractivity contribution in [2.24, 2.45) is 0 Å². The molecule has 0 saturated carbocycles. The van der Waals surface area contributed by atoms with Crippen LogP contribution in [0.2, 0.25) is 0 Å². The van der Waals surface area contributed by atoms with E-state index in [9.17, 15) is 9.18 Å². The lowest BCUT2D eigenvalue weighted by Crippen LogP contribution is -2.30. The molecule has 3 aromatic rings. The van der Waals surface area contributed by atoms with Crippen LogP contribution >= 0.6 is 0 Å². The predicted octanol–water partition coefficient (Wildman–Crippen LogP) is 2.72. The molecule has 7 nitrogen and oxygen atoms in total. The van der Waals surface area contributed by atoms with Crippen molar-refractivity contribution in [1.29, 1.82) is 0 Å². The van der Waals surface area contributed by atoms with E-state index < -0.39 is 0 Å². The first-order valence-corrected chi connectivity index (χ1v) is 9.33. The van der Waals surface area contributed by atoms with Crippen LogP contribution in [-0.4, -0.2) is 38.5 Å². The van der Waals surface area contributed by atoms with Gasteiger partial charge in [-0.05, 0) is 37.0 Å². The third kappa shape index (κ3) is 4.16. The van der Waals surface area contributed by atoms with Crippen LogP contribution < -0.4 is 10.2 Å². The number of hydrogen-bond acceptors (Lipinski definition) is 5. The van der Waals surface area contributed by atoms with Crippen LogP contribution in [0.25, 0.3) is 5.82 Å². The van der Waals surface area contributed by atoms with Gasteiger partial charge in [0.2, 0.25) is 0 Å². The first kappa shape index (κ1) is 18.1. The van der Waals surface area contributed by atoms with Gasteiger partial charge in [0.25, 0.3) is 5.91 Å². The second-order valence-electron chi connectivity index (χ2n) is 6.76. The number of imidazole rings is 1. The number of amides is 1. The molecule has 0 radical (unpaired) electrons. The highest BCUT2D eigenvalue weighted by Crippen LogP contribution is 2.19. The summed E-state index contributed by atoms with van der Waals surface area (Å²) in [6, 6.07) is 7.91. The molecule has 1 N–H and O–H groups in total. The molecule has 1 fully saturated rings. The van der Waals surface area contributed by atoms with Gasteiger partial charge in [-0.25, -0.2) is 19.3 Å². The summed E-state index contributed by atoms with van der Waals surface area (Å²) in [5.74, 6) is 0.956. The van der Waals surface area contributed by atoms with Gasteiger partial charge in [-0.1, -0.05) is 12.1 Å². The van der Waals surface area contributed by atoms with Gasteiger partial charge in [-0.15, -0.1) is 0 Å². The minimum absolute atomic E-state index is 0.292. The number of nitrogens with zero attached hydrogens (tertiary/aromatic N) is 5. The predicted molar refractivity (Wildman–Crippen MR) is 103 cm³/mol. The molecule has 4 rings (SSSR count). The van der Waals surface area contributed by atoms with Crippen LogP contribution in [0.3, 0.4) is 0 Å². The molecule has 2 aromatic heterocycles. The maximum Gasteiger partial charge on any atom is 0.271 e. The normalized spacial score (nSPS) is 14.1. The molecule has 0 unspecified atom stereocenters. The Kier molecular flexibility index (Phi) is 5.27. The minimum Gasteiger partial charge on any atom is -0.356 e. The third-order valence-electron chi connectivity index (χ3n) is 4.76. The highest BCUT2D eigenvalue weighted by molar-refractivity contribution is 5.92. The van der Waals surface area contributed by atoms with E-state index in [4.69, 9.17) is 0 Å². The Morgan fingerprint density at radius 3 is 2.57 bits per heavy atom. The fraction of sp³-hybridized carbons (Fsp3) is 0.300. The largest absolute Gasteiger partial charge is 0.356 e. The van der Waals surface area contributed by atoms with Gasteiger partial charge in [0.15, 0.2) is 0 Å².